The molecule has 204 valence electrons. The maximum Gasteiger partial charge on any atom is 0.265 e. The lowest BCUT2D eigenvalue weighted by atomic mass is 9.86. The van der Waals surface area contributed by atoms with Crippen molar-refractivity contribution >= 4 is 71.9 Å². The second kappa shape index (κ2) is 10.8. The molecule has 0 aliphatic carbocycles. The smallest absolute Gasteiger partial charge is 0.265 e. The highest BCUT2D eigenvalue weighted by Gasteiger charge is 2.23. The van der Waals surface area contributed by atoms with E-state index in [1.807, 2.05) is 26.8 Å². The van der Waals surface area contributed by atoms with Crippen LogP contribution >= 0.6 is 22.9 Å². The zero-order valence-electron chi connectivity index (χ0n) is 21.9. The number of amides is 2. The van der Waals surface area contributed by atoms with Crippen molar-refractivity contribution in [2.75, 3.05) is 28.7 Å². The first-order chi connectivity index (χ1) is 18.3. The third-order valence-electron chi connectivity index (χ3n) is 5.72. The second-order valence-corrected chi connectivity index (χ2v) is 13.0. The highest BCUT2D eigenvalue weighted by molar-refractivity contribution is 7.92. The normalized spacial score (nSPS) is 11.7. The number of halogens is 1. The molecule has 3 N–H and O–H groups in total. The Hall–Kier alpha value is -3.67. The molecule has 39 heavy (non-hydrogen) atoms. The van der Waals surface area contributed by atoms with Crippen molar-refractivity contribution in [2.45, 2.75) is 26.2 Å². The van der Waals surface area contributed by atoms with Gasteiger partial charge in [0, 0.05) is 6.20 Å². The van der Waals surface area contributed by atoms with Gasteiger partial charge in [-0.2, -0.15) is 0 Å². The molecule has 4 rings (SSSR count). The molecule has 2 heterocycles. The molecule has 0 radical (unpaired) electrons. The topological polar surface area (TPSA) is 126 Å². The summed E-state index contributed by atoms with van der Waals surface area (Å²) >= 11 is 7.27. The van der Waals surface area contributed by atoms with Gasteiger partial charge in [0.25, 0.3) is 11.8 Å². The number of hydrogen-bond acceptors (Lipinski definition) is 7. The average molecular weight is 587 g/mol. The Bertz CT molecular complexity index is 1690. The van der Waals surface area contributed by atoms with E-state index >= 15 is 0 Å². The number of methoxy groups -OCH3 is 1. The summed E-state index contributed by atoms with van der Waals surface area (Å²) in [6.07, 6.45) is 2.54. The van der Waals surface area contributed by atoms with E-state index in [4.69, 9.17) is 16.3 Å². The quantitative estimate of drug-likeness (QED) is 0.224. The van der Waals surface area contributed by atoms with Crippen LogP contribution in [0.3, 0.4) is 0 Å². The standard InChI is InChI=1S/C27H27ClN4O5S2/c1-27(2,3)16-13-19(22(37-4)20(14-16)32-39(5,35)36)31-26(34)21-12-15-8-6-10-18(23(15)38-21)30-25(33)17-9-7-11-29-24(17)28/h6-14,32H,1-5H3,(H,30,33)(H,31,34). The number of hydrogen-bond donors (Lipinski definition) is 3. The lowest BCUT2D eigenvalue weighted by molar-refractivity contribution is 0.102. The van der Waals surface area contributed by atoms with Crippen molar-refractivity contribution in [1.29, 1.82) is 0 Å². The molecular formula is C27H27ClN4O5S2. The molecule has 0 unspecified atom stereocenters. The summed E-state index contributed by atoms with van der Waals surface area (Å²) in [4.78, 5) is 30.5. The van der Waals surface area contributed by atoms with E-state index in [0.29, 0.717) is 21.0 Å². The Labute approximate surface area is 235 Å². The van der Waals surface area contributed by atoms with E-state index in [1.54, 1.807) is 42.5 Å². The predicted molar refractivity (Wildman–Crippen MR) is 157 cm³/mol. The molecule has 0 spiro atoms. The molecule has 0 aliphatic heterocycles. The van der Waals surface area contributed by atoms with Gasteiger partial charge in [-0.1, -0.05) is 44.5 Å². The van der Waals surface area contributed by atoms with Crippen LogP contribution in [-0.4, -0.2) is 38.6 Å². The van der Waals surface area contributed by atoms with Gasteiger partial charge in [-0.25, -0.2) is 13.4 Å². The Kier molecular flexibility index (Phi) is 7.87. The number of fused-ring (bicyclic) bond motifs is 1. The van der Waals surface area contributed by atoms with Crippen LogP contribution in [0.2, 0.25) is 5.15 Å². The summed E-state index contributed by atoms with van der Waals surface area (Å²) in [7, 11) is -2.21. The summed E-state index contributed by atoms with van der Waals surface area (Å²) in [5.74, 6) is -0.655. The summed E-state index contributed by atoms with van der Waals surface area (Å²) in [5, 5.41) is 6.56. The minimum Gasteiger partial charge on any atom is -0.492 e. The van der Waals surface area contributed by atoms with Gasteiger partial charge >= 0.3 is 0 Å². The monoisotopic (exact) mass is 586 g/mol. The maximum atomic E-state index is 13.4. The van der Waals surface area contributed by atoms with E-state index in [-0.39, 0.29) is 27.6 Å². The van der Waals surface area contributed by atoms with Gasteiger partial charge in [0.05, 0.1) is 45.6 Å². The lowest BCUT2D eigenvalue weighted by Crippen LogP contribution is -2.18. The minimum atomic E-state index is -3.61. The maximum absolute atomic E-state index is 13.4. The molecular weight excluding hydrogens is 560 g/mol. The number of thiophene rings is 1. The van der Waals surface area contributed by atoms with Crippen molar-refractivity contribution in [3.05, 3.63) is 75.9 Å². The van der Waals surface area contributed by atoms with Gasteiger partial charge in [-0.15, -0.1) is 11.3 Å². The second-order valence-electron chi connectivity index (χ2n) is 9.81. The first-order valence-electron chi connectivity index (χ1n) is 11.7. The molecule has 12 heteroatoms. The summed E-state index contributed by atoms with van der Waals surface area (Å²) in [5.41, 5.74) is 1.74. The fourth-order valence-corrected chi connectivity index (χ4v) is 5.63. The highest BCUT2D eigenvalue weighted by Crippen LogP contribution is 2.40. The molecule has 4 aromatic rings. The van der Waals surface area contributed by atoms with Crippen molar-refractivity contribution in [3.8, 4) is 5.75 Å². The first-order valence-corrected chi connectivity index (χ1v) is 14.8. The molecule has 9 nitrogen and oxygen atoms in total. The van der Waals surface area contributed by atoms with Crippen molar-refractivity contribution in [1.82, 2.24) is 4.98 Å². The molecule has 2 aromatic carbocycles. The summed E-state index contributed by atoms with van der Waals surface area (Å²) < 4.78 is 32.7. The van der Waals surface area contributed by atoms with Gasteiger partial charge in [-0.3, -0.25) is 14.3 Å². The van der Waals surface area contributed by atoms with Gasteiger partial charge < -0.3 is 15.4 Å². The molecule has 0 atom stereocenters. The van der Waals surface area contributed by atoms with E-state index in [1.165, 1.54) is 24.6 Å². The molecule has 0 aliphatic rings. The number of sulfonamides is 1. The largest absolute Gasteiger partial charge is 0.492 e. The van der Waals surface area contributed by atoms with Gasteiger partial charge in [0.15, 0.2) is 5.75 Å². The predicted octanol–water partition coefficient (Wildman–Crippen LogP) is 6.13. The molecule has 0 saturated carbocycles. The number of nitrogens with zero attached hydrogens (tertiary/aromatic N) is 1. The zero-order valence-corrected chi connectivity index (χ0v) is 24.3. The number of rotatable bonds is 7. The minimum absolute atomic E-state index is 0.0876. The fraction of sp³-hybridized carbons (Fsp3) is 0.222. The number of aromatic nitrogens is 1. The number of nitrogens with one attached hydrogen (secondary N) is 3. The van der Waals surface area contributed by atoms with Gasteiger partial charge in [-0.05, 0) is 52.8 Å². The SMILES string of the molecule is COc1c(NC(=O)c2cc3cccc(NC(=O)c4cccnc4Cl)c3s2)cc(C(C)(C)C)cc1NS(C)(=O)=O. The number of pyridine rings is 1. The summed E-state index contributed by atoms with van der Waals surface area (Å²) in [6.45, 7) is 5.93. The van der Waals surface area contributed by atoms with E-state index in [0.717, 1.165) is 17.2 Å². The van der Waals surface area contributed by atoms with Crippen LogP contribution < -0.4 is 20.1 Å². The number of carbonyl (C=O) groups excluding carboxylic acids is 2. The van der Waals surface area contributed by atoms with Crippen LogP contribution in [0.25, 0.3) is 10.1 Å². The Morgan fingerprint density at radius 3 is 2.31 bits per heavy atom. The van der Waals surface area contributed by atoms with Crippen LogP contribution in [-0.2, 0) is 15.4 Å². The molecule has 0 saturated heterocycles. The Morgan fingerprint density at radius 2 is 1.67 bits per heavy atom. The van der Waals surface area contributed by atoms with E-state index in [9.17, 15) is 18.0 Å². The molecule has 2 aromatic heterocycles. The molecule has 0 fully saturated rings. The lowest BCUT2D eigenvalue weighted by Gasteiger charge is -2.23. The Morgan fingerprint density at radius 1 is 0.974 bits per heavy atom. The van der Waals surface area contributed by atoms with Gasteiger partial charge in [0.1, 0.15) is 5.15 Å². The van der Waals surface area contributed by atoms with Crippen LogP contribution in [0, 0.1) is 0 Å². The van der Waals surface area contributed by atoms with Crippen LogP contribution in [0.4, 0.5) is 17.1 Å². The van der Waals surface area contributed by atoms with Crippen molar-refractivity contribution in [2.24, 2.45) is 0 Å². The van der Waals surface area contributed by atoms with E-state index < -0.39 is 21.8 Å². The third-order valence-corrected chi connectivity index (χ3v) is 7.80. The highest BCUT2D eigenvalue weighted by atomic mass is 35.5. The number of carbonyl (C=O) groups is 2. The number of ether oxygens (including phenoxy) is 1. The van der Waals surface area contributed by atoms with Crippen molar-refractivity contribution < 1.29 is 22.7 Å². The third kappa shape index (κ3) is 6.49. The molecule has 0 bridgehead atoms. The van der Waals surface area contributed by atoms with Gasteiger partial charge in [0.2, 0.25) is 10.0 Å². The van der Waals surface area contributed by atoms with Crippen LogP contribution in [0.15, 0.2) is 54.7 Å². The first kappa shape index (κ1) is 28.3. The number of anilines is 3. The van der Waals surface area contributed by atoms with E-state index in [2.05, 4.69) is 20.3 Å². The van der Waals surface area contributed by atoms with Crippen molar-refractivity contribution in [3.63, 3.8) is 0 Å². The number of benzene rings is 2. The molecule has 2 amide bonds. The summed E-state index contributed by atoms with van der Waals surface area (Å²) in [6, 6.07) is 13.7. The van der Waals surface area contributed by atoms with Crippen LogP contribution in [0.1, 0.15) is 46.4 Å². The zero-order chi connectivity index (χ0) is 28.5. The fourth-order valence-electron chi connectivity index (χ4n) is 3.85. The van der Waals surface area contributed by atoms with Crippen LogP contribution in [0.5, 0.6) is 5.75 Å². The average Bonchev–Trinajstić information content (AvgIpc) is 3.28. The Balaban J connectivity index is 1.69.